The lowest BCUT2D eigenvalue weighted by atomic mass is 10.1. The first-order valence-electron chi connectivity index (χ1n) is 9.41. The van der Waals surface area contributed by atoms with Gasteiger partial charge in [-0.05, 0) is 45.8 Å². The zero-order valence-electron chi connectivity index (χ0n) is 17.1. The first kappa shape index (κ1) is 22.1. The Morgan fingerprint density at radius 2 is 2.06 bits per heavy atom. The van der Waals surface area contributed by atoms with E-state index in [1.807, 2.05) is 25.2 Å². The van der Waals surface area contributed by atoms with Crippen molar-refractivity contribution in [1.82, 2.24) is 24.5 Å². The molecule has 0 aliphatic rings. The fourth-order valence-electron chi connectivity index (χ4n) is 3.16. The number of rotatable bonds is 8. The van der Waals surface area contributed by atoms with E-state index in [2.05, 4.69) is 46.4 Å². The molecule has 2 heterocycles. The molecular formula is C20H19BrN7O3S-. The molecule has 0 amide bonds. The molecule has 0 saturated carbocycles. The minimum Gasteiger partial charge on any atom is -0.760 e. The van der Waals surface area contributed by atoms with Gasteiger partial charge in [-0.1, -0.05) is 12.1 Å². The molecule has 32 heavy (non-hydrogen) atoms. The van der Waals surface area contributed by atoms with Crippen LogP contribution in [0, 0.1) is 0 Å². The van der Waals surface area contributed by atoms with Crippen LogP contribution in [0.15, 0.2) is 53.3 Å². The number of ether oxygens (including phenoxy) is 1. The highest BCUT2D eigenvalue weighted by molar-refractivity contribution is 9.10. The minimum atomic E-state index is -2.39. The number of anilines is 4. The standard InChI is InChI=1S/C20H20BrN7O3S/c1-28-16-8-14(7-6-12(16)9-23-28)25-20-22-11-15(21)19(27-20)26-18-13(10-24-32(29)30)4-3-5-17(18)31-2/h3-9,11,24H,10H2,1-2H3,(H,29,30)(H2,22,25,26,27)/p-1. The van der Waals surface area contributed by atoms with Gasteiger partial charge in [-0.2, -0.15) is 10.1 Å². The average molecular weight is 517 g/mol. The molecule has 0 radical (unpaired) electrons. The van der Waals surface area contributed by atoms with Crippen LogP contribution in [0.1, 0.15) is 5.56 Å². The van der Waals surface area contributed by atoms with Crippen molar-refractivity contribution in [3.8, 4) is 5.75 Å². The largest absolute Gasteiger partial charge is 0.760 e. The second-order valence-corrected chi connectivity index (χ2v) is 8.34. The number of halogens is 1. The van der Waals surface area contributed by atoms with Gasteiger partial charge in [0.1, 0.15) is 5.75 Å². The molecule has 10 nitrogen and oxygen atoms in total. The number of benzene rings is 2. The molecular weight excluding hydrogens is 498 g/mol. The molecule has 12 heteroatoms. The van der Waals surface area contributed by atoms with Gasteiger partial charge in [0.15, 0.2) is 5.82 Å². The molecule has 0 bridgehead atoms. The van der Waals surface area contributed by atoms with E-state index in [-0.39, 0.29) is 6.54 Å². The maximum Gasteiger partial charge on any atom is 0.229 e. The Morgan fingerprint density at radius 1 is 1.22 bits per heavy atom. The van der Waals surface area contributed by atoms with E-state index >= 15 is 0 Å². The van der Waals surface area contributed by atoms with Crippen LogP contribution < -0.4 is 20.1 Å². The van der Waals surface area contributed by atoms with Gasteiger partial charge in [-0.3, -0.25) is 8.89 Å². The average Bonchev–Trinajstić information content (AvgIpc) is 3.15. The maximum atomic E-state index is 11.0. The Bertz CT molecular complexity index is 1300. The molecule has 3 N–H and O–H groups in total. The summed E-state index contributed by atoms with van der Waals surface area (Å²) in [7, 11) is 3.42. The monoisotopic (exact) mass is 516 g/mol. The molecule has 0 spiro atoms. The quantitative estimate of drug-likeness (QED) is 0.303. The van der Waals surface area contributed by atoms with Crippen molar-refractivity contribution < 1.29 is 13.5 Å². The summed E-state index contributed by atoms with van der Waals surface area (Å²) in [5, 5.41) is 11.7. The van der Waals surface area contributed by atoms with Crippen molar-refractivity contribution in [2.75, 3.05) is 17.7 Å². The maximum absolute atomic E-state index is 11.0. The van der Waals surface area contributed by atoms with Crippen molar-refractivity contribution in [3.05, 3.63) is 58.8 Å². The molecule has 0 saturated heterocycles. The van der Waals surface area contributed by atoms with Crippen LogP contribution in [-0.4, -0.2) is 35.6 Å². The summed E-state index contributed by atoms with van der Waals surface area (Å²) in [5.74, 6) is 1.41. The lowest BCUT2D eigenvalue weighted by Crippen LogP contribution is -2.17. The zero-order valence-corrected chi connectivity index (χ0v) is 19.5. The minimum absolute atomic E-state index is 0.0914. The number of aryl methyl sites for hydroxylation is 1. The number of hydrogen-bond donors (Lipinski definition) is 3. The van der Waals surface area contributed by atoms with Crippen LogP contribution in [-0.2, 0) is 24.9 Å². The number of fused-ring (bicyclic) bond motifs is 1. The van der Waals surface area contributed by atoms with Crippen molar-refractivity contribution >= 4 is 61.2 Å². The van der Waals surface area contributed by atoms with Crippen molar-refractivity contribution in [3.63, 3.8) is 0 Å². The Kier molecular flexibility index (Phi) is 6.65. The van der Waals surface area contributed by atoms with E-state index in [4.69, 9.17) is 4.74 Å². The molecule has 1 unspecified atom stereocenters. The summed E-state index contributed by atoms with van der Waals surface area (Å²) < 4.78 is 32.1. The van der Waals surface area contributed by atoms with Gasteiger partial charge in [0.25, 0.3) is 0 Å². The topological polar surface area (TPSA) is 129 Å². The van der Waals surface area contributed by atoms with E-state index in [1.165, 1.54) is 0 Å². The second-order valence-electron chi connectivity index (χ2n) is 6.73. The number of aromatic nitrogens is 4. The van der Waals surface area contributed by atoms with E-state index < -0.39 is 11.3 Å². The predicted molar refractivity (Wildman–Crippen MR) is 126 cm³/mol. The van der Waals surface area contributed by atoms with Crippen LogP contribution >= 0.6 is 15.9 Å². The normalized spacial score (nSPS) is 12.0. The Morgan fingerprint density at radius 3 is 2.84 bits per heavy atom. The SMILES string of the molecule is COc1cccc(CNS(=O)[O-])c1Nc1nc(Nc2ccc3cnn(C)c3c2)ncc1Br. The van der Waals surface area contributed by atoms with Crippen LogP contribution in [0.25, 0.3) is 10.9 Å². The smallest absolute Gasteiger partial charge is 0.229 e. The molecule has 0 aliphatic carbocycles. The number of nitrogens with one attached hydrogen (secondary N) is 3. The first-order valence-corrected chi connectivity index (χ1v) is 11.3. The second kappa shape index (κ2) is 9.61. The third-order valence-corrected chi connectivity index (χ3v) is 5.67. The van der Waals surface area contributed by atoms with Gasteiger partial charge in [0, 0.05) is 42.1 Å². The van der Waals surface area contributed by atoms with Crippen molar-refractivity contribution in [1.29, 1.82) is 0 Å². The fourth-order valence-corrected chi connectivity index (χ4v) is 3.72. The number of para-hydroxylation sites is 1. The predicted octanol–water partition coefficient (Wildman–Crippen LogP) is 3.51. The summed E-state index contributed by atoms with van der Waals surface area (Å²) in [4.78, 5) is 8.90. The Labute approximate surface area is 195 Å². The highest BCUT2D eigenvalue weighted by atomic mass is 79.9. The molecule has 4 rings (SSSR count). The molecule has 0 fully saturated rings. The zero-order chi connectivity index (χ0) is 22.7. The van der Waals surface area contributed by atoms with Gasteiger partial charge in [-0.25, -0.2) is 9.71 Å². The van der Waals surface area contributed by atoms with E-state index in [0.29, 0.717) is 33.2 Å². The van der Waals surface area contributed by atoms with Crippen molar-refractivity contribution in [2.24, 2.45) is 7.05 Å². The van der Waals surface area contributed by atoms with Gasteiger partial charge in [0.2, 0.25) is 5.95 Å². The lowest BCUT2D eigenvalue weighted by molar-refractivity contribution is 0.416. The van der Waals surface area contributed by atoms with Crippen LogP contribution in [0.5, 0.6) is 5.75 Å². The van der Waals surface area contributed by atoms with Gasteiger partial charge >= 0.3 is 0 Å². The summed E-state index contributed by atoms with van der Waals surface area (Å²) in [5.41, 5.74) is 3.08. The van der Waals surface area contributed by atoms with Crippen molar-refractivity contribution in [2.45, 2.75) is 6.54 Å². The summed E-state index contributed by atoms with van der Waals surface area (Å²) in [6.07, 6.45) is 3.43. The number of hydrogen-bond acceptors (Lipinski definition) is 8. The highest BCUT2D eigenvalue weighted by Gasteiger charge is 2.13. The van der Waals surface area contributed by atoms with Crippen LogP contribution in [0.2, 0.25) is 0 Å². The first-order chi connectivity index (χ1) is 15.4. The highest BCUT2D eigenvalue weighted by Crippen LogP contribution is 2.34. The van der Waals surface area contributed by atoms with Gasteiger partial charge < -0.3 is 19.9 Å². The third-order valence-electron chi connectivity index (χ3n) is 4.71. The van der Waals surface area contributed by atoms with Gasteiger partial charge in [0.05, 0.1) is 29.0 Å². The molecule has 2 aromatic heterocycles. The molecule has 166 valence electrons. The molecule has 0 aliphatic heterocycles. The number of nitrogens with zero attached hydrogens (tertiary/aromatic N) is 4. The third kappa shape index (κ3) is 4.88. The summed E-state index contributed by atoms with van der Waals surface area (Å²) in [6, 6.07) is 11.2. The van der Waals surface area contributed by atoms with E-state index in [9.17, 15) is 8.76 Å². The summed E-state index contributed by atoms with van der Waals surface area (Å²) in [6.45, 7) is 0.0914. The summed E-state index contributed by atoms with van der Waals surface area (Å²) >= 11 is 1.07. The van der Waals surface area contributed by atoms with E-state index in [1.54, 1.807) is 42.4 Å². The Balaban J connectivity index is 1.63. The number of methoxy groups -OCH3 is 1. The fraction of sp³-hybridized carbons (Fsp3) is 0.150. The molecule has 1 atom stereocenters. The van der Waals surface area contributed by atoms with E-state index in [0.717, 1.165) is 16.6 Å². The Hall–Kier alpha value is -3.06. The molecule has 4 aromatic rings. The van der Waals surface area contributed by atoms with Crippen LogP contribution in [0.4, 0.5) is 23.1 Å². The van der Waals surface area contributed by atoms with Gasteiger partial charge in [-0.15, -0.1) is 0 Å². The lowest BCUT2D eigenvalue weighted by Gasteiger charge is -2.17. The molecule has 2 aromatic carbocycles. The van der Waals surface area contributed by atoms with Crippen LogP contribution in [0.3, 0.4) is 0 Å².